The largest absolute Gasteiger partial charge is 0.369 e. The van der Waals surface area contributed by atoms with Crippen molar-refractivity contribution >= 4 is 22.7 Å². The number of fused-ring (bicyclic) bond motifs is 1. The van der Waals surface area contributed by atoms with Gasteiger partial charge in [-0.25, -0.2) is 9.37 Å². The molecule has 1 aliphatic rings. The maximum Gasteiger partial charge on any atom is 0.259 e. The molecule has 0 aliphatic carbocycles. The molecule has 1 aliphatic heterocycles. The van der Waals surface area contributed by atoms with Crippen LogP contribution >= 0.6 is 0 Å². The average Bonchev–Trinajstić information content (AvgIpc) is 3.15. The number of carbonyl (C=O) groups excluding carboxylic acids is 1. The van der Waals surface area contributed by atoms with Crippen molar-refractivity contribution in [3.63, 3.8) is 0 Å². The molecule has 2 aromatic heterocycles. The molecule has 0 saturated carbocycles. The Kier molecular flexibility index (Phi) is 6.18. The van der Waals surface area contributed by atoms with Crippen molar-refractivity contribution in [3.05, 3.63) is 53.1 Å². The molecule has 1 N–H and O–H groups in total. The van der Waals surface area contributed by atoms with E-state index in [1.165, 1.54) is 12.1 Å². The van der Waals surface area contributed by atoms with E-state index in [0.29, 0.717) is 28.9 Å². The highest BCUT2D eigenvalue weighted by molar-refractivity contribution is 6.06. The van der Waals surface area contributed by atoms with Crippen molar-refractivity contribution in [1.29, 1.82) is 0 Å². The van der Waals surface area contributed by atoms with E-state index < -0.39 is 0 Å². The second-order valence-electron chi connectivity index (χ2n) is 8.26. The van der Waals surface area contributed by atoms with Crippen LogP contribution in [0.1, 0.15) is 41.5 Å². The van der Waals surface area contributed by atoms with Crippen LogP contribution in [0.4, 0.5) is 10.1 Å². The predicted molar refractivity (Wildman–Crippen MR) is 118 cm³/mol. The highest BCUT2D eigenvalue weighted by atomic mass is 19.1. The summed E-state index contributed by atoms with van der Waals surface area (Å²) in [7, 11) is 0. The summed E-state index contributed by atoms with van der Waals surface area (Å²) in [5.41, 5.74) is 3.49. The Morgan fingerprint density at radius 1 is 1.19 bits per heavy atom. The predicted octanol–water partition coefficient (Wildman–Crippen LogP) is 3.35. The molecule has 1 aromatic carbocycles. The summed E-state index contributed by atoms with van der Waals surface area (Å²) < 4.78 is 18.4. The van der Waals surface area contributed by atoms with Crippen LogP contribution in [0, 0.1) is 12.7 Å². The van der Waals surface area contributed by atoms with Crippen LogP contribution in [-0.2, 0) is 0 Å². The molecule has 31 heavy (non-hydrogen) atoms. The molecule has 0 radical (unpaired) electrons. The summed E-state index contributed by atoms with van der Waals surface area (Å²) in [6.07, 6.45) is 0. The minimum atomic E-state index is -0.216. The molecule has 0 bridgehead atoms. The van der Waals surface area contributed by atoms with Crippen molar-refractivity contribution in [2.45, 2.75) is 26.7 Å². The van der Waals surface area contributed by atoms with Crippen LogP contribution in [-0.4, -0.2) is 60.2 Å². The third kappa shape index (κ3) is 4.69. The minimum absolute atomic E-state index is 0.134. The maximum absolute atomic E-state index is 13.1. The third-order valence-electron chi connectivity index (χ3n) is 5.75. The van der Waals surface area contributed by atoms with Gasteiger partial charge in [-0.1, -0.05) is 19.0 Å². The van der Waals surface area contributed by atoms with Crippen molar-refractivity contribution < 1.29 is 13.7 Å². The number of halogens is 1. The van der Waals surface area contributed by atoms with Gasteiger partial charge in [-0.3, -0.25) is 9.69 Å². The quantitative estimate of drug-likeness (QED) is 0.653. The molecule has 4 rings (SSSR count). The number of pyridine rings is 1. The van der Waals surface area contributed by atoms with Gasteiger partial charge in [-0.2, -0.15) is 0 Å². The molecule has 0 spiro atoms. The van der Waals surface area contributed by atoms with E-state index >= 15 is 0 Å². The zero-order valence-electron chi connectivity index (χ0n) is 18.2. The number of anilines is 1. The first-order valence-electron chi connectivity index (χ1n) is 10.7. The molecular weight excluding hydrogens is 397 g/mol. The number of nitrogens with one attached hydrogen (secondary N) is 1. The van der Waals surface area contributed by atoms with E-state index in [0.717, 1.165) is 44.1 Å². The normalized spacial score (nSPS) is 15.1. The van der Waals surface area contributed by atoms with Gasteiger partial charge in [0.05, 0.1) is 16.6 Å². The van der Waals surface area contributed by atoms with E-state index in [4.69, 9.17) is 4.52 Å². The number of rotatable bonds is 6. The summed E-state index contributed by atoms with van der Waals surface area (Å²) in [5.74, 6) is -0.171. The molecule has 1 saturated heterocycles. The summed E-state index contributed by atoms with van der Waals surface area (Å²) in [5, 5.41) is 7.69. The summed E-state index contributed by atoms with van der Waals surface area (Å²) >= 11 is 0. The zero-order valence-corrected chi connectivity index (χ0v) is 18.2. The molecule has 7 nitrogen and oxygen atoms in total. The number of benzene rings is 1. The fourth-order valence-corrected chi connectivity index (χ4v) is 3.89. The molecular formula is C23H28FN5O2. The van der Waals surface area contributed by atoms with E-state index in [-0.39, 0.29) is 17.6 Å². The van der Waals surface area contributed by atoms with Crippen LogP contribution < -0.4 is 10.2 Å². The Morgan fingerprint density at radius 2 is 1.90 bits per heavy atom. The Bertz CT molecular complexity index is 1060. The topological polar surface area (TPSA) is 74.5 Å². The average molecular weight is 426 g/mol. The number of aromatic nitrogens is 2. The van der Waals surface area contributed by atoms with E-state index in [2.05, 4.69) is 25.3 Å². The highest BCUT2D eigenvalue weighted by Crippen LogP contribution is 2.25. The number of aryl methyl sites for hydroxylation is 1. The number of carbonyl (C=O) groups is 1. The van der Waals surface area contributed by atoms with Crippen molar-refractivity contribution in [2.75, 3.05) is 44.2 Å². The lowest BCUT2D eigenvalue weighted by atomic mass is 10.0. The van der Waals surface area contributed by atoms with Gasteiger partial charge in [0.25, 0.3) is 11.6 Å². The van der Waals surface area contributed by atoms with Gasteiger partial charge < -0.3 is 14.7 Å². The molecule has 3 heterocycles. The van der Waals surface area contributed by atoms with Crippen molar-refractivity contribution in [2.24, 2.45) is 0 Å². The molecule has 164 valence electrons. The molecule has 3 aromatic rings. The van der Waals surface area contributed by atoms with Crippen molar-refractivity contribution in [1.82, 2.24) is 20.4 Å². The number of amides is 1. The van der Waals surface area contributed by atoms with E-state index in [1.807, 2.05) is 39.0 Å². The lowest BCUT2D eigenvalue weighted by Crippen LogP contribution is -2.48. The summed E-state index contributed by atoms with van der Waals surface area (Å²) in [6.45, 7) is 10.8. The monoisotopic (exact) mass is 425 g/mol. The lowest BCUT2D eigenvalue weighted by molar-refractivity contribution is 0.0949. The third-order valence-corrected chi connectivity index (χ3v) is 5.75. The van der Waals surface area contributed by atoms with Crippen LogP contribution in [0.2, 0.25) is 0 Å². The summed E-state index contributed by atoms with van der Waals surface area (Å²) in [6, 6.07) is 8.47. The zero-order chi connectivity index (χ0) is 22.0. The van der Waals surface area contributed by atoms with Gasteiger partial charge in [-0.05, 0) is 43.2 Å². The van der Waals surface area contributed by atoms with Gasteiger partial charge in [0.1, 0.15) is 5.82 Å². The molecule has 0 unspecified atom stereocenters. The molecule has 0 atom stereocenters. The van der Waals surface area contributed by atoms with Crippen LogP contribution in [0.3, 0.4) is 0 Å². The second-order valence-corrected chi connectivity index (χ2v) is 8.26. The van der Waals surface area contributed by atoms with Gasteiger partial charge in [-0.15, -0.1) is 0 Å². The van der Waals surface area contributed by atoms with Crippen LogP contribution in [0.15, 0.2) is 34.9 Å². The standard InChI is InChI=1S/C23H28FN5O2/c1-15(2)20-14-19(21-16(3)27-31-23(21)26-20)22(30)25-8-9-28-10-12-29(13-11-28)18-6-4-17(24)5-7-18/h4-7,14-15H,8-13H2,1-3H3,(H,25,30). The molecule has 1 amide bonds. The first-order valence-corrected chi connectivity index (χ1v) is 10.7. The van der Waals surface area contributed by atoms with Crippen LogP contribution in [0.5, 0.6) is 0 Å². The minimum Gasteiger partial charge on any atom is -0.369 e. The highest BCUT2D eigenvalue weighted by Gasteiger charge is 2.21. The first kappa shape index (κ1) is 21.2. The summed E-state index contributed by atoms with van der Waals surface area (Å²) in [4.78, 5) is 22.0. The van der Waals surface area contributed by atoms with E-state index in [9.17, 15) is 9.18 Å². The fourth-order valence-electron chi connectivity index (χ4n) is 3.89. The lowest BCUT2D eigenvalue weighted by Gasteiger charge is -2.36. The van der Waals surface area contributed by atoms with E-state index in [1.54, 1.807) is 0 Å². The molecule has 1 fully saturated rings. The maximum atomic E-state index is 13.1. The second kappa shape index (κ2) is 9.01. The smallest absolute Gasteiger partial charge is 0.259 e. The Hall–Kier alpha value is -3.00. The Morgan fingerprint density at radius 3 is 2.58 bits per heavy atom. The van der Waals surface area contributed by atoms with Crippen molar-refractivity contribution in [3.8, 4) is 0 Å². The van der Waals surface area contributed by atoms with Gasteiger partial charge >= 0.3 is 0 Å². The SMILES string of the molecule is Cc1noc2nc(C(C)C)cc(C(=O)NCCN3CCN(c4ccc(F)cc4)CC3)c12. The molecule has 8 heteroatoms. The number of hydrogen-bond acceptors (Lipinski definition) is 6. The fraction of sp³-hybridized carbons (Fsp3) is 0.435. The first-order chi connectivity index (χ1) is 14.9. The number of nitrogens with zero attached hydrogens (tertiary/aromatic N) is 4. The van der Waals surface area contributed by atoms with Gasteiger partial charge in [0, 0.05) is 50.6 Å². The number of hydrogen-bond donors (Lipinski definition) is 1. The Labute approximate surface area is 181 Å². The van der Waals surface area contributed by atoms with Gasteiger partial charge in [0.15, 0.2) is 0 Å². The van der Waals surface area contributed by atoms with Gasteiger partial charge in [0.2, 0.25) is 0 Å². The number of piperazine rings is 1. The Balaban J connectivity index is 1.33. The van der Waals surface area contributed by atoms with Crippen LogP contribution in [0.25, 0.3) is 11.1 Å².